The highest BCUT2D eigenvalue weighted by atomic mass is 35.5. The maximum Gasteiger partial charge on any atom is 0.354 e. The van der Waals surface area contributed by atoms with Crippen molar-refractivity contribution in [2.45, 2.75) is 32.7 Å². The van der Waals surface area contributed by atoms with Crippen LogP contribution < -0.4 is 0 Å². The number of hydrogen-bond donors (Lipinski definition) is 1. The Kier molecular flexibility index (Phi) is 4.23. The van der Waals surface area contributed by atoms with Crippen molar-refractivity contribution in [3.8, 4) is 10.6 Å². The summed E-state index contributed by atoms with van der Waals surface area (Å²) in [7, 11) is 0. The standard InChI is InChI=1S/C16H16ClN3O3S/c1-16(2,3)13-7-10(15(21)22)20(18-13)8-9-6-11(23-19-9)12-4-5-14(17)24-12/h4-7H,8H2,1-3H3,(H,21,22). The van der Waals surface area contributed by atoms with E-state index >= 15 is 0 Å². The molecule has 24 heavy (non-hydrogen) atoms. The van der Waals surface area contributed by atoms with Gasteiger partial charge in [-0.05, 0) is 18.2 Å². The monoisotopic (exact) mass is 365 g/mol. The molecule has 0 fully saturated rings. The summed E-state index contributed by atoms with van der Waals surface area (Å²) in [5.74, 6) is -0.422. The van der Waals surface area contributed by atoms with E-state index in [0.717, 1.165) is 4.88 Å². The zero-order chi connectivity index (χ0) is 17.5. The predicted molar refractivity (Wildman–Crippen MR) is 91.8 cm³/mol. The van der Waals surface area contributed by atoms with Gasteiger partial charge in [-0.25, -0.2) is 4.79 Å². The summed E-state index contributed by atoms with van der Waals surface area (Å²) in [6.45, 7) is 6.18. The van der Waals surface area contributed by atoms with Crippen molar-refractivity contribution >= 4 is 28.9 Å². The highest BCUT2D eigenvalue weighted by Crippen LogP contribution is 2.31. The molecule has 0 saturated heterocycles. The van der Waals surface area contributed by atoms with E-state index in [1.165, 1.54) is 16.0 Å². The van der Waals surface area contributed by atoms with Gasteiger partial charge in [-0.3, -0.25) is 4.68 Å². The first kappa shape index (κ1) is 16.7. The number of aromatic carboxylic acids is 1. The molecule has 0 saturated carbocycles. The molecule has 0 aromatic carbocycles. The molecular formula is C16H16ClN3O3S. The first-order valence-electron chi connectivity index (χ1n) is 7.27. The average Bonchev–Trinajstić information content (AvgIpc) is 3.17. The van der Waals surface area contributed by atoms with Gasteiger partial charge in [0.05, 0.1) is 21.5 Å². The summed E-state index contributed by atoms with van der Waals surface area (Å²) in [5, 5.41) is 17.8. The molecule has 0 unspecified atom stereocenters. The van der Waals surface area contributed by atoms with Gasteiger partial charge in [-0.15, -0.1) is 11.3 Å². The third-order valence-corrected chi connectivity index (χ3v) is 4.70. The van der Waals surface area contributed by atoms with Gasteiger partial charge in [-0.2, -0.15) is 5.10 Å². The van der Waals surface area contributed by atoms with Crippen molar-refractivity contribution in [3.05, 3.63) is 45.7 Å². The summed E-state index contributed by atoms with van der Waals surface area (Å²) < 4.78 is 7.43. The minimum absolute atomic E-state index is 0.128. The van der Waals surface area contributed by atoms with Gasteiger partial charge in [0, 0.05) is 11.5 Å². The molecule has 0 aliphatic carbocycles. The predicted octanol–water partition coefficient (Wildman–Crippen LogP) is 4.30. The van der Waals surface area contributed by atoms with E-state index in [1.807, 2.05) is 26.8 Å². The zero-order valence-corrected chi connectivity index (χ0v) is 15.0. The lowest BCUT2D eigenvalue weighted by molar-refractivity contribution is 0.0684. The molecule has 0 spiro atoms. The fourth-order valence-electron chi connectivity index (χ4n) is 2.18. The van der Waals surface area contributed by atoms with Crippen molar-refractivity contribution in [2.24, 2.45) is 0 Å². The second-order valence-electron chi connectivity index (χ2n) is 6.41. The van der Waals surface area contributed by atoms with Crippen LogP contribution in [-0.2, 0) is 12.0 Å². The van der Waals surface area contributed by atoms with Crippen LogP contribution in [0, 0.1) is 0 Å². The summed E-state index contributed by atoms with van der Waals surface area (Å²) >= 11 is 7.32. The quantitative estimate of drug-likeness (QED) is 0.745. The molecule has 0 aliphatic rings. The second-order valence-corrected chi connectivity index (χ2v) is 8.13. The largest absolute Gasteiger partial charge is 0.477 e. The maximum atomic E-state index is 11.5. The zero-order valence-electron chi connectivity index (χ0n) is 13.4. The fourth-order valence-corrected chi connectivity index (χ4v) is 3.17. The number of aromatic nitrogens is 3. The number of carboxylic acid groups (broad SMARTS) is 1. The summed E-state index contributed by atoms with van der Waals surface area (Å²) in [5.41, 5.74) is 1.20. The number of halogens is 1. The summed E-state index contributed by atoms with van der Waals surface area (Å²) in [6, 6.07) is 7.01. The molecule has 126 valence electrons. The first-order chi connectivity index (χ1) is 11.2. The van der Waals surface area contributed by atoms with E-state index in [1.54, 1.807) is 18.2 Å². The Morgan fingerprint density at radius 2 is 2.12 bits per heavy atom. The Labute approximate surface area is 147 Å². The Morgan fingerprint density at radius 3 is 2.71 bits per heavy atom. The van der Waals surface area contributed by atoms with Gasteiger partial charge in [0.1, 0.15) is 11.4 Å². The summed E-state index contributed by atoms with van der Waals surface area (Å²) in [6.07, 6.45) is 0. The van der Waals surface area contributed by atoms with Crippen LogP contribution in [0.25, 0.3) is 10.6 Å². The second kappa shape index (κ2) is 6.07. The highest BCUT2D eigenvalue weighted by molar-refractivity contribution is 7.19. The topological polar surface area (TPSA) is 81.1 Å². The van der Waals surface area contributed by atoms with E-state index in [-0.39, 0.29) is 17.7 Å². The highest BCUT2D eigenvalue weighted by Gasteiger charge is 2.23. The lowest BCUT2D eigenvalue weighted by Gasteiger charge is -2.14. The molecule has 8 heteroatoms. The lowest BCUT2D eigenvalue weighted by atomic mass is 9.92. The van der Waals surface area contributed by atoms with E-state index in [9.17, 15) is 9.90 Å². The van der Waals surface area contributed by atoms with Crippen molar-refractivity contribution in [3.63, 3.8) is 0 Å². The molecule has 0 bridgehead atoms. The molecule has 3 aromatic rings. The molecule has 0 radical (unpaired) electrons. The molecule has 0 aliphatic heterocycles. The molecule has 0 atom stereocenters. The maximum absolute atomic E-state index is 11.5. The van der Waals surface area contributed by atoms with Gasteiger partial charge in [0.15, 0.2) is 5.76 Å². The Hall–Kier alpha value is -2.12. The van der Waals surface area contributed by atoms with Gasteiger partial charge in [0.25, 0.3) is 0 Å². The Bertz CT molecular complexity index is 889. The average molecular weight is 366 g/mol. The SMILES string of the molecule is CC(C)(C)c1cc(C(=O)O)n(Cc2cc(-c3ccc(Cl)s3)on2)n1. The first-order valence-corrected chi connectivity index (χ1v) is 8.46. The number of rotatable bonds is 4. The molecule has 3 rings (SSSR count). The Morgan fingerprint density at radius 1 is 1.38 bits per heavy atom. The number of carboxylic acids is 1. The van der Waals surface area contributed by atoms with Crippen LogP contribution in [-0.4, -0.2) is 26.0 Å². The third-order valence-electron chi connectivity index (χ3n) is 3.45. The van der Waals surface area contributed by atoms with Gasteiger partial charge in [0.2, 0.25) is 0 Å². The van der Waals surface area contributed by atoms with Crippen molar-refractivity contribution in [1.82, 2.24) is 14.9 Å². The molecule has 3 aromatic heterocycles. The van der Waals surface area contributed by atoms with Gasteiger partial charge >= 0.3 is 5.97 Å². The lowest BCUT2D eigenvalue weighted by Crippen LogP contribution is -2.14. The van der Waals surface area contributed by atoms with E-state index < -0.39 is 5.97 Å². The van der Waals surface area contributed by atoms with Crippen LogP contribution in [0.5, 0.6) is 0 Å². The normalized spacial score (nSPS) is 11.8. The van der Waals surface area contributed by atoms with Gasteiger partial charge < -0.3 is 9.63 Å². The molecular weight excluding hydrogens is 350 g/mol. The molecule has 6 nitrogen and oxygen atoms in total. The van der Waals surface area contributed by atoms with Crippen LogP contribution in [0.3, 0.4) is 0 Å². The number of nitrogens with zero attached hydrogens (tertiary/aromatic N) is 3. The smallest absolute Gasteiger partial charge is 0.354 e. The number of thiophene rings is 1. The van der Waals surface area contributed by atoms with Crippen LogP contribution in [0.4, 0.5) is 0 Å². The van der Waals surface area contributed by atoms with Gasteiger partial charge in [-0.1, -0.05) is 37.5 Å². The minimum Gasteiger partial charge on any atom is -0.477 e. The minimum atomic E-state index is -1.02. The van der Waals surface area contributed by atoms with Crippen molar-refractivity contribution in [2.75, 3.05) is 0 Å². The molecule has 3 heterocycles. The van der Waals surface area contributed by atoms with E-state index in [4.69, 9.17) is 16.1 Å². The fraction of sp³-hybridized carbons (Fsp3) is 0.312. The molecule has 1 N–H and O–H groups in total. The number of carbonyl (C=O) groups is 1. The van der Waals surface area contributed by atoms with Crippen LogP contribution >= 0.6 is 22.9 Å². The molecule has 0 amide bonds. The van der Waals surface area contributed by atoms with Crippen molar-refractivity contribution < 1.29 is 14.4 Å². The summed E-state index contributed by atoms with van der Waals surface area (Å²) in [4.78, 5) is 12.3. The van der Waals surface area contributed by atoms with Crippen LogP contribution in [0.15, 0.2) is 28.8 Å². The van der Waals surface area contributed by atoms with E-state index in [0.29, 0.717) is 21.5 Å². The number of hydrogen-bond acceptors (Lipinski definition) is 5. The Balaban J connectivity index is 1.90. The van der Waals surface area contributed by atoms with Crippen LogP contribution in [0.1, 0.15) is 42.6 Å². The van der Waals surface area contributed by atoms with Crippen molar-refractivity contribution in [1.29, 1.82) is 0 Å². The third kappa shape index (κ3) is 3.37. The van der Waals surface area contributed by atoms with Crippen LogP contribution in [0.2, 0.25) is 4.34 Å². The van der Waals surface area contributed by atoms with E-state index in [2.05, 4.69) is 10.3 Å².